The van der Waals surface area contributed by atoms with E-state index in [9.17, 15) is 0 Å². The average molecular weight is 271 g/mol. The highest BCUT2D eigenvalue weighted by atomic mass is 15.2. The Hall–Kier alpha value is -1.09. The molecule has 0 aromatic carbocycles. The van der Waals surface area contributed by atoms with Crippen LogP contribution in [-0.4, -0.2) is 22.5 Å². The van der Waals surface area contributed by atoms with Gasteiger partial charge in [0.15, 0.2) is 0 Å². The summed E-state index contributed by atoms with van der Waals surface area (Å²) in [4.78, 5) is 6.86. The van der Waals surface area contributed by atoms with Gasteiger partial charge in [0, 0.05) is 18.3 Å². The SMILES string of the molecule is CN(Cc1ccc(N)nc1)C12CC3CC(CC(C3)C1)C2. The van der Waals surface area contributed by atoms with Crippen molar-refractivity contribution in [2.24, 2.45) is 17.8 Å². The molecule has 3 nitrogen and oxygen atoms in total. The predicted octanol–water partition coefficient (Wildman–Crippen LogP) is 3.06. The van der Waals surface area contributed by atoms with Gasteiger partial charge >= 0.3 is 0 Å². The smallest absolute Gasteiger partial charge is 0.123 e. The number of anilines is 1. The monoisotopic (exact) mass is 271 g/mol. The third-order valence-electron chi connectivity index (χ3n) is 6.08. The number of rotatable bonds is 3. The molecular formula is C17H25N3. The van der Waals surface area contributed by atoms with E-state index >= 15 is 0 Å². The van der Waals surface area contributed by atoms with Gasteiger partial charge in [-0.05, 0) is 75.0 Å². The fourth-order valence-electron chi connectivity index (χ4n) is 5.50. The normalized spacial score (nSPS) is 38.6. The van der Waals surface area contributed by atoms with Crippen LogP contribution in [0.5, 0.6) is 0 Å². The molecule has 2 N–H and O–H groups in total. The van der Waals surface area contributed by atoms with Crippen LogP contribution in [0.1, 0.15) is 44.1 Å². The number of hydrogen-bond acceptors (Lipinski definition) is 3. The molecule has 0 atom stereocenters. The second-order valence-corrected chi connectivity index (χ2v) is 7.59. The maximum absolute atomic E-state index is 5.68. The van der Waals surface area contributed by atoms with Crippen LogP contribution in [0.4, 0.5) is 5.82 Å². The Balaban J connectivity index is 1.53. The molecule has 3 heteroatoms. The molecule has 5 rings (SSSR count). The van der Waals surface area contributed by atoms with Gasteiger partial charge in [-0.2, -0.15) is 0 Å². The second-order valence-electron chi connectivity index (χ2n) is 7.59. The zero-order chi connectivity index (χ0) is 13.7. The molecule has 4 aliphatic carbocycles. The first-order valence-corrected chi connectivity index (χ1v) is 8.05. The zero-order valence-electron chi connectivity index (χ0n) is 12.4. The molecule has 20 heavy (non-hydrogen) atoms. The molecule has 1 aromatic rings. The van der Waals surface area contributed by atoms with Crippen molar-refractivity contribution in [1.29, 1.82) is 0 Å². The first-order valence-electron chi connectivity index (χ1n) is 8.05. The Morgan fingerprint density at radius 2 is 1.75 bits per heavy atom. The summed E-state index contributed by atoms with van der Waals surface area (Å²) in [7, 11) is 2.32. The van der Waals surface area contributed by atoms with E-state index in [4.69, 9.17) is 5.73 Å². The number of nitrogens with zero attached hydrogens (tertiary/aromatic N) is 2. The van der Waals surface area contributed by atoms with Gasteiger partial charge in [-0.3, -0.25) is 4.90 Å². The summed E-state index contributed by atoms with van der Waals surface area (Å²) in [5.74, 6) is 3.64. The molecule has 4 bridgehead atoms. The van der Waals surface area contributed by atoms with Gasteiger partial charge in [-0.15, -0.1) is 0 Å². The first-order chi connectivity index (χ1) is 9.63. The Morgan fingerprint density at radius 1 is 1.15 bits per heavy atom. The van der Waals surface area contributed by atoms with Crippen molar-refractivity contribution >= 4 is 5.82 Å². The van der Waals surface area contributed by atoms with E-state index in [1.165, 1.54) is 44.1 Å². The zero-order valence-corrected chi connectivity index (χ0v) is 12.4. The highest BCUT2D eigenvalue weighted by Gasteiger charge is 2.52. The van der Waals surface area contributed by atoms with E-state index in [1.807, 2.05) is 12.3 Å². The lowest BCUT2D eigenvalue weighted by Gasteiger charge is -2.60. The molecular weight excluding hydrogens is 246 g/mol. The van der Waals surface area contributed by atoms with Gasteiger partial charge in [-0.25, -0.2) is 4.98 Å². The van der Waals surface area contributed by atoms with Gasteiger partial charge in [0.1, 0.15) is 5.82 Å². The molecule has 4 saturated carbocycles. The van der Waals surface area contributed by atoms with Crippen molar-refractivity contribution < 1.29 is 0 Å². The van der Waals surface area contributed by atoms with E-state index in [-0.39, 0.29) is 0 Å². The lowest BCUT2D eigenvalue weighted by Crippen LogP contribution is -2.58. The van der Waals surface area contributed by atoms with Gasteiger partial charge in [0.25, 0.3) is 0 Å². The van der Waals surface area contributed by atoms with Crippen LogP contribution in [-0.2, 0) is 6.54 Å². The summed E-state index contributed by atoms with van der Waals surface area (Å²) >= 11 is 0. The quantitative estimate of drug-likeness (QED) is 0.918. The molecule has 108 valence electrons. The van der Waals surface area contributed by atoms with Gasteiger partial charge in [0.05, 0.1) is 0 Å². The minimum absolute atomic E-state index is 0.482. The Kier molecular flexibility index (Phi) is 2.81. The second kappa shape index (κ2) is 4.45. The van der Waals surface area contributed by atoms with Crippen LogP contribution in [0, 0.1) is 17.8 Å². The van der Waals surface area contributed by atoms with Crippen molar-refractivity contribution in [3.05, 3.63) is 23.9 Å². The van der Waals surface area contributed by atoms with Crippen LogP contribution in [0.15, 0.2) is 18.3 Å². The minimum atomic E-state index is 0.482. The summed E-state index contributed by atoms with van der Waals surface area (Å²) in [6.45, 7) is 1.01. The molecule has 1 aromatic heterocycles. The Morgan fingerprint density at radius 3 is 2.25 bits per heavy atom. The summed E-state index contributed by atoms with van der Waals surface area (Å²) in [6.07, 6.45) is 10.8. The van der Waals surface area contributed by atoms with E-state index in [0.717, 1.165) is 24.3 Å². The highest BCUT2D eigenvalue weighted by molar-refractivity contribution is 5.29. The van der Waals surface area contributed by atoms with Crippen molar-refractivity contribution in [2.75, 3.05) is 12.8 Å². The number of nitrogen functional groups attached to an aromatic ring is 1. The van der Waals surface area contributed by atoms with Crippen molar-refractivity contribution in [2.45, 2.75) is 50.6 Å². The van der Waals surface area contributed by atoms with Gasteiger partial charge < -0.3 is 5.73 Å². The molecule has 0 saturated heterocycles. The van der Waals surface area contributed by atoms with E-state index in [0.29, 0.717) is 11.4 Å². The molecule has 0 radical (unpaired) electrons. The molecule has 4 aliphatic rings. The molecule has 4 fully saturated rings. The minimum Gasteiger partial charge on any atom is -0.384 e. The lowest BCUT2D eigenvalue weighted by atomic mass is 9.52. The maximum atomic E-state index is 5.68. The third kappa shape index (κ3) is 2.03. The number of nitrogens with two attached hydrogens (primary N) is 1. The standard InChI is InChI=1S/C17H25N3/c1-20(11-12-2-3-16(18)19-10-12)17-7-13-4-14(8-17)6-15(5-13)9-17/h2-3,10,13-15H,4-9,11H2,1H3,(H2,18,19). The van der Waals surface area contributed by atoms with Crippen molar-refractivity contribution in [3.63, 3.8) is 0 Å². The van der Waals surface area contributed by atoms with Crippen LogP contribution >= 0.6 is 0 Å². The lowest BCUT2D eigenvalue weighted by molar-refractivity contribution is -0.0822. The van der Waals surface area contributed by atoms with E-state index in [1.54, 1.807) is 0 Å². The largest absolute Gasteiger partial charge is 0.384 e. The highest BCUT2D eigenvalue weighted by Crippen LogP contribution is 2.57. The van der Waals surface area contributed by atoms with Crippen LogP contribution in [0.25, 0.3) is 0 Å². The van der Waals surface area contributed by atoms with Crippen molar-refractivity contribution in [3.8, 4) is 0 Å². The van der Waals surface area contributed by atoms with E-state index in [2.05, 4.69) is 23.0 Å². The predicted molar refractivity (Wildman–Crippen MR) is 81.0 cm³/mol. The maximum Gasteiger partial charge on any atom is 0.123 e. The number of pyridine rings is 1. The summed E-state index contributed by atoms with van der Waals surface area (Å²) in [6, 6.07) is 4.04. The number of hydrogen-bond donors (Lipinski definition) is 1. The Bertz CT molecular complexity index is 458. The third-order valence-corrected chi connectivity index (χ3v) is 6.08. The van der Waals surface area contributed by atoms with Crippen LogP contribution in [0.3, 0.4) is 0 Å². The van der Waals surface area contributed by atoms with E-state index < -0.39 is 0 Å². The number of aromatic nitrogens is 1. The van der Waals surface area contributed by atoms with Crippen molar-refractivity contribution in [1.82, 2.24) is 9.88 Å². The van der Waals surface area contributed by atoms with Gasteiger partial charge in [-0.1, -0.05) is 6.07 Å². The fraction of sp³-hybridized carbons (Fsp3) is 0.706. The topological polar surface area (TPSA) is 42.1 Å². The van der Waals surface area contributed by atoms with Gasteiger partial charge in [0.2, 0.25) is 0 Å². The summed E-state index contributed by atoms with van der Waals surface area (Å²) < 4.78 is 0. The van der Waals surface area contributed by atoms with Crippen LogP contribution < -0.4 is 5.73 Å². The first kappa shape index (κ1) is 12.6. The molecule has 0 aliphatic heterocycles. The molecule has 1 heterocycles. The molecule has 0 amide bonds. The molecule has 0 unspecified atom stereocenters. The Labute approximate surface area is 121 Å². The van der Waals surface area contributed by atoms with Crippen LogP contribution in [0.2, 0.25) is 0 Å². The average Bonchev–Trinajstić information content (AvgIpc) is 2.40. The fourth-order valence-corrected chi connectivity index (χ4v) is 5.50. The summed E-state index contributed by atoms with van der Waals surface area (Å²) in [5.41, 5.74) is 7.45. The molecule has 0 spiro atoms. The summed E-state index contributed by atoms with van der Waals surface area (Å²) in [5, 5.41) is 0.